The number of hydrogen-bond acceptors (Lipinski definition) is 5. The Kier molecular flexibility index (Phi) is 5.25. The zero-order valence-electron chi connectivity index (χ0n) is 13.6. The highest BCUT2D eigenvalue weighted by atomic mass is 32.1. The van der Waals surface area contributed by atoms with Crippen molar-refractivity contribution >= 4 is 23.2 Å². The number of rotatable bonds is 4. The summed E-state index contributed by atoms with van der Waals surface area (Å²) in [5.41, 5.74) is 3.05. The Hall–Kier alpha value is -2.21. The van der Waals surface area contributed by atoms with Gasteiger partial charge in [-0.05, 0) is 31.9 Å². The van der Waals surface area contributed by atoms with Gasteiger partial charge in [-0.15, -0.1) is 11.3 Å². The lowest BCUT2D eigenvalue weighted by molar-refractivity contribution is 0.0346. The summed E-state index contributed by atoms with van der Waals surface area (Å²) in [4.78, 5) is 31.1. The Morgan fingerprint density at radius 2 is 2.12 bits per heavy atom. The van der Waals surface area contributed by atoms with Gasteiger partial charge in [0, 0.05) is 24.6 Å². The number of aromatic nitrogens is 1. The van der Waals surface area contributed by atoms with Crippen molar-refractivity contribution in [2.24, 2.45) is 5.92 Å². The molecule has 1 atom stereocenters. The van der Waals surface area contributed by atoms with Crippen molar-refractivity contribution in [3.05, 3.63) is 52.0 Å². The highest BCUT2D eigenvalue weighted by Gasteiger charge is 2.26. The molecule has 0 N–H and O–H groups in total. The Balaban J connectivity index is 1.55. The monoisotopic (exact) mass is 344 g/mol. The van der Waals surface area contributed by atoms with Gasteiger partial charge in [0.05, 0.1) is 17.8 Å². The molecule has 6 heteroatoms. The first-order valence-corrected chi connectivity index (χ1v) is 8.94. The number of benzene rings is 1. The summed E-state index contributed by atoms with van der Waals surface area (Å²) in [5, 5.41) is 0. The topological polar surface area (TPSA) is 59.5 Å². The van der Waals surface area contributed by atoms with Crippen molar-refractivity contribution in [1.29, 1.82) is 0 Å². The van der Waals surface area contributed by atoms with Gasteiger partial charge in [-0.1, -0.05) is 18.2 Å². The molecule has 24 heavy (non-hydrogen) atoms. The van der Waals surface area contributed by atoms with E-state index in [1.807, 2.05) is 35.2 Å². The van der Waals surface area contributed by atoms with Crippen LogP contribution >= 0.6 is 11.3 Å². The minimum atomic E-state index is -0.318. The van der Waals surface area contributed by atoms with Gasteiger partial charge in [-0.2, -0.15) is 0 Å². The lowest BCUT2D eigenvalue weighted by Crippen LogP contribution is -2.41. The van der Waals surface area contributed by atoms with Crippen LogP contribution < -0.4 is 0 Å². The van der Waals surface area contributed by atoms with Crippen LogP contribution in [-0.4, -0.2) is 41.5 Å². The van der Waals surface area contributed by atoms with Gasteiger partial charge >= 0.3 is 5.97 Å². The van der Waals surface area contributed by atoms with Crippen molar-refractivity contribution in [2.45, 2.75) is 19.8 Å². The molecule has 1 aromatic heterocycles. The zero-order valence-corrected chi connectivity index (χ0v) is 14.4. The summed E-state index contributed by atoms with van der Waals surface area (Å²) in [5.74, 6) is -0.0879. The fourth-order valence-corrected chi connectivity index (χ4v) is 3.60. The molecule has 0 saturated carbocycles. The van der Waals surface area contributed by atoms with E-state index in [4.69, 9.17) is 4.74 Å². The van der Waals surface area contributed by atoms with Gasteiger partial charge in [-0.3, -0.25) is 4.79 Å². The standard InChI is InChI=1S/C18H20N2O3S/c1-13-16(24-12-19-13)18(22)23-11-14-6-5-9-20(10-14)17(21)15-7-3-2-4-8-15/h2-4,7-8,12,14H,5-6,9-11H2,1H3/t14-/m1/s1. The number of piperidine rings is 1. The number of thiazole rings is 1. The van der Waals surface area contributed by atoms with Crippen LogP contribution in [0.15, 0.2) is 35.8 Å². The first kappa shape index (κ1) is 16.6. The molecule has 1 saturated heterocycles. The number of likely N-dealkylation sites (tertiary alicyclic amines) is 1. The smallest absolute Gasteiger partial charge is 0.350 e. The number of hydrogen-bond donors (Lipinski definition) is 0. The number of nitrogens with zero attached hydrogens (tertiary/aromatic N) is 2. The predicted octanol–water partition coefficient (Wildman–Crippen LogP) is 3.16. The molecule has 2 heterocycles. The molecule has 1 aliphatic rings. The first-order valence-electron chi connectivity index (χ1n) is 8.06. The van der Waals surface area contributed by atoms with Crippen molar-refractivity contribution in [2.75, 3.05) is 19.7 Å². The van der Waals surface area contributed by atoms with Gasteiger partial charge in [0.1, 0.15) is 4.88 Å². The molecule has 0 radical (unpaired) electrons. The number of esters is 1. The maximum absolute atomic E-state index is 12.5. The summed E-state index contributed by atoms with van der Waals surface area (Å²) in [6.45, 7) is 3.53. The van der Waals surface area contributed by atoms with Crippen LogP contribution in [0.5, 0.6) is 0 Å². The molecule has 1 aromatic carbocycles. The van der Waals surface area contributed by atoms with Crippen molar-refractivity contribution in [3.8, 4) is 0 Å². The third kappa shape index (κ3) is 3.82. The van der Waals surface area contributed by atoms with Crippen LogP contribution in [0.3, 0.4) is 0 Å². The summed E-state index contributed by atoms with van der Waals surface area (Å²) < 4.78 is 5.43. The van der Waals surface area contributed by atoms with Gasteiger partial charge < -0.3 is 9.64 Å². The van der Waals surface area contributed by atoms with Crippen LogP contribution in [0.1, 0.15) is 38.6 Å². The zero-order chi connectivity index (χ0) is 16.9. The fraction of sp³-hybridized carbons (Fsp3) is 0.389. The number of ether oxygens (including phenoxy) is 1. The van der Waals surface area contributed by atoms with E-state index in [9.17, 15) is 9.59 Å². The SMILES string of the molecule is Cc1ncsc1C(=O)OC[C@@H]1CCCN(C(=O)c2ccccc2)C1. The molecular formula is C18H20N2O3S. The van der Waals surface area contributed by atoms with E-state index in [0.29, 0.717) is 29.3 Å². The summed E-state index contributed by atoms with van der Waals surface area (Å²) >= 11 is 1.30. The van der Waals surface area contributed by atoms with E-state index in [1.165, 1.54) is 11.3 Å². The molecule has 1 amide bonds. The minimum absolute atomic E-state index is 0.0462. The third-order valence-corrected chi connectivity index (χ3v) is 5.12. The van der Waals surface area contributed by atoms with Crippen molar-refractivity contribution in [3.63, 3.8) is 0 Å². The fourth-order valence-electron chi connectivity index (χ4n) is 2.91. The lowest BCUT2D eigenvalue weighted by Gasteiger charge is -2.32. The molecule has 126 valence electrons. The average molecular weight is 344 g/mol. The molecule has 2 aromatic rings. The van der Waals surface area contributed by atoms with Gasteiger partial charge in [0.2, 0.25) is 0 Å². The van der Waals surface area contributed by atoms with Crippen molar-refractivity contribution < 1.29 is 14.3 Å². The van der Waals surface area contributed by atoms with Gasteiger partial charge in [0.25, 0.3) is 5.91 Å². The van der Waals surface area contributed by atoms with E-state index < -0.39 is 0 Å². The molecule has 0 spiro atoms. The summed E-state index contributed by atoms with van der Waals surface area (Å²) in [6.07, 6.45) is 1.90. The number of amides is 1. The van der Waals surface area contributed by atoms with E-state index >= 15 is 0 Å². The second-order valence-electron chi connectivity index (χ2n) is 5.99. The van der Waals surface area contributed by atoms with Crippen LogP contribution in [-0.2, 0) is 4.74 Å². The van der Waals surface area contributed by atoms with Crippen LogP contribution in [0, 0.1) is 12.8 Å². The minimum Gasteiger partial charge on any atom is -0.461 e. The largest absolute Gasteiger partial charge is 0.461 e. The Morgan fingerprint density at radius 3 is 2.83 bits per heavy atom. The second kappa shape index (κ2) is 7.57. The molecule has 0 unspecified atom stereocenters. The molecule has 0 bridgehead atoms. The molecular weight excluding hydrogens is 324 g/mol. The van der Waals surface area contributed by atoms with Crippen LogP contribution in [0.4, 0.5) is 0 Å². The second-order valence-corrected chi connectivity index (χ2v) is 6.85. The quantitative estimate of drug-likeness (QED) is 0.800. The van der Waals surface area contributed by atoms with E-state index in [0.717, 1.165) is 19.4 Å². The first-order chi connectivity index (χ1) is 11.6. The highest BCUT2D eigenvalue weighted by Crippen LogP contribution is 2.20. The highest BCUT2D eigenvalue weighted by molar-refractivity contribution is 7.11. The number of aryl methyl sites for hydroxylation is 1. The Morgan fingerprint density at radius 1 is 1.33 bits per heavy atom. The Labute approximate surface area is 145 Å². The molecule has 1 aliphatic heterocycles. The molecule has 5 nitrogen and oxygen atoms in total. The van der Waals surface area contributed by atoms with Crippen LogP contribution in [0.25, 0.3) is 0 Å². The molecule has 0 aliphatic carbocycles. The predicted molar refractivity (Wildman–Crippen MR) is 92.2 cm³/mol. The van der Waals surface area contributed by atoms with E-state index in [-0.39, 0.29) is 17.8 Å². The van der Waals surface area contributed by atoms with Gasteiger partial charge in [0.15, 0.2) is 0 Å². The normalized spacial score (nSPS) is 17.5. The lowest BCUT2D eigenvalue weighted by atomic mass is 9.98. The summed E-state index contributed by atoms with van der Waals surface area (Å²) in [6, 6.07) is 9.30. The molecule has 3 rings (SSSR count). The average Bonchev–Trinajstić information content (AvgIpc) is 3.06. The molecule has 1 fully saturated rings. The third-order valence-electron chi connectivity index (χ3n) is 4.21. The maximum atomic E-state index is 12.5. The summed E-state index contributed by atoms with van der Waals surface area (Å²) in [7, 11) is 0. The number of carbonyl (C=O) groups is 2. The van der Waals surface area contributed by atoms with E-state index in [2.05, 4.69) is 4.98 Å². The Bertz CT molecular complexity index is 714. The van der Waals surface area contributed by atoms with Crippen LogP contribution in [0.2, 0.25) is 0 Å². The van der Waals surface area contributed by atoms with Gasteiger partial charge in [-0.25, -0.2) is 9.78 Å². The number of carbonyl (C=O) groups excluding carboxylic acids is 2. The van der Waals surface area contributed by atoms with E-state index in [1.54, 1.807) is 12.4 Å². The maximum Gasteiger partial charge on any atom is 0.350 e. The van der Waals surface area contributed by atoms with Crippen molar-refractivity contribution in [1.82, 2.24) is 9.88 Å².